The van der Waals surface area contributed by atoms with Crippen molar-refractivity contribution in [3.05, 3.63) is 0 Å². The largest absolute Gasteiger partial charge is 0.379 e. The second-order valence-corrected chi connectivity index (χ2v) is 5.30. The molecule has 0 spiro atoms. The molecular formula is C13H26N2O. The van der Waals surface area contributed by atoms with Crippen LogP contribution in [-0.4, -0.2) is 42.8 Å². The molecule has 3 heteroatoms. The van der Waals surface area contributed by atoms with Crippen molar-refractivity contribution in [3.8, 4) is 0 Å². The van der Waals surface area contributed by atoms with Crippen LogP contribution in [0.15, 0.2) is 0 Å². The quantitative estimate of drug-likeness (QED) is 0.776. The van der Waals surface area contributed by atoms with Crippen molar-refractivity contribution in [1.82, 2.24) is 4.90 Å². The lowest BCUT2D eigenvalue weighted by Crippen LogP contribution is -2.63. The summed E-state index contributed by atoms with van der Waals surface area (Å²) in [5.74, 6) is 0. The predicted octanol–water partition coefficient (Wildman–Crippen LogP) is 1.76. The molecule has 2 N–H and O–H groups in total. The van der Waals surface area contributed by atoms with Gasteiger partial charge in [0, 0.05) is 19.7 Å². The molecule has 2 fully saturated rings. The fourth-order valence-electron chi connectivity index (χ4n) is 3.53. The summed E-state index contributed by atoms with van der Waals surface area (Å²) in [6, 6.07) is 0.782. The average Bonchev–Trinajstić information content (AvgIpc) is 3.15. The van der Waals surface area contributed by atoms with Gasteiger partial charge in [-0.25, -0.2) is 0 Å². The van der Waals surface area contributed by atoms with E-state index in [0.717, 1.165) is 19.1 Å². The highest BCUT2D eigenvalue weighted by Gasteiger charge is 2.48. The van der Waals surface area contributed by atoms with Crippen LogP contribution < -0.4 is 5.73 Å². The highest BCUT2D eigenvalue weighted by atomic mass is 16.5. The van der Waals surface area contributed by atoms with E-state index in [4.69, 9.17) is 10.5 Å². The third-order valence-corrected chi connectivity index (χ3v) is 4.46. The van der Waals surface area contributed by atoms with E-state index in [1.54, 1.807) is 0 Å². The van der Waals surface area contributed by atoms with Gasteiger partial charge in [0.15, 0.2) is 0 Å². The smallest absolute Gasteiger partial charge is 0.0767 e. The summed E-state index contributed by atoms with van der Waals surface area (Å²) in [5.41, 5.74) is 6.25. The first-order chi connectivity index (χ1) is 7.78. The Morgan fingerprint density at radius 1 is 1.31 bits per heavy atom. The van der Waals surface area contributed by atoms with Crippen molar-refractivity contribution < 1.29 is 4.74 Å². The summed E-state index contributed by atoms with van der Waals surface area (Å²) < 4.78 is 5.74. The highest BCUT2D eigenvalue weighted by Crippen LogP contribution is 2.41. The number of nitrogens with two attached hydrogens (primary N) is 1. The standard InChI is InChI=1S/C13H26N2O/c1-3-15(11-7-8-11)13(10-14)9-5-4-6-12(13)16-2/h11-12H,3-10,14H2,1-2H3. The normalized spacial score (nSPS) is 35.6. The van der Waals surface area contributed by atoms with Crippen molar-refractivity contribution in [3.63, 3.8) is 0 Å². The molecular weight excluding hydrogens is 200 g/mol. The van der Waals surface area contributed by atoms with Crippen LogP contribution in [0.3, 0.4) is 0 Å². The average molecular weight is 226 g/mol. The van der Waals surface area contributed by atoms with E-state index in [0.29, 0.717) is 6.10 Å². The second kappa shape index (κ2) is 5.03. The third kappa shape index (κ3) is 2.01. The summed E-state index contributed by atoms with van der Waals surface area (Å²) in [7, 11) is 1.85. The van der Waals surface area contributed by atoms with Crippen molar-refractivity contribution in [2.75, 3.05) is 20.2 Å². The Kier molecular flexibility index (Phi) is 3.88. The van der Waals surface area contributed by atoms with Crippen molar-refractivity contribution in [2.45, 2.75) is 63.1 Å². The zero-order valence-electron chi connectivity index (χ0n) is 10.7. The Bertz CT molecular complexity index is 230. The van der Waals surface area contributed by atoms with Crippen LogP contribution >= 0.6 is 0 Å². The van der Waals surface area contributed by atoms with Crippen molar-refractivity contribution in [1.29, 1.82) is 0 Å². The number of nitrogens with zero attached hydrogens (tertiary/aromatic N) is 1. The lowest BCUT2D eigenvalue weighted by atomic mass is 9.77. The number of hydrogen-bond donors (Lipinski definition) is 1. The van der Waals surface area contributed by atoms with Gasteiger partial charge in [0.25, 0.3) is 0 Å². The molecule has 0 bridgehead atoms. The lowest BCUT2D eigenvalue weighted by Gasteiger charge is -2.50. The van der Waals surface area contributed by atoms with Crippen molar-refractivity contribution in [2.24, 2.45) is 5.73 Å². The van der Waals surface area contributed by atoms with E-state index in [1.165, 1.54) is 38.5 Å². The van der Waals surface area contributed by atoms with Gasteiger partial charge < -0.3 is 10.5 Å². The van der Waals surface area contributed by atoms with Gasteiger partial charge in [-0.05, 0) is 32.2 Å². The summed E-state index contributed by atoms with van der Waals surface area (Å²) >= 11 is 0. The first-order valence-electron chi connectivity index (χ1n) is 6.78. The number of likely N-dealkylation sites (N-methyl/N-ethyl adjacent to an activating group) is 1. The Hall–Kier alpha value is -0.120. The topological polar surface area (TPSA) is 38.5 Å². The van der Waals surface area contributed by atoms with Crippen LogP contribution in [0.1, 0.15) is 45.4 Å². The zero-order valence-corrected chi connectivity index (χ0v) is 10.7. The van der Waals surface area contributed by atoms with Crippen LogP contribution in [-0.2, 0) is 4.74 Å². The predicted molar refractivity (Wildman–Crippen MR) is 66.5 cm³/mol. The molecule has 2 aliphatic carbocycles. The molecule has 0 amide bonds. The molecule has 2 aliphatic rings. The molecule has 16 heavy (non-hydrogen) atoms. The second-order valence-electron chi connectivity index (χ2n) is 5.30. The van der Waals surface area contributed by atoms with Crippen LogP contribution in [0.25, 0.3) is 0 Å². The van der Waals surface area contributed by atoms with Crippen molar-refractivity contribution >= 4 is 0 Å². The van der Waals surface area contributed by atoms with Crippen LogP contribution in [0, 0.1) is 0 Å². The minimum absolute atomic E-state index is 0.128. The maximum Gasteiger partial charge on any atom is 0.0767 e. The fraction of sp³-hybridized carbons (Fsp3) is 1.00. The minimum atomic E-state index is 0.128. The van der Waals surface area contributed by atoms with Gasteiger partial charge in [-0.1, -0.05) is 19.8 Å². The van der Waals surface area contributed by atoms with Crippen LogP contribution in [0.5, 0.6) is 0 Å². The highest BCUT2D eigenvalue weighted by molar-refractivity contribution is 5.05. The Labute approximate surface area is 99.3 Å². The minimum Gasteiger partial charge on any atom is -0.379 e. The van der Waals surface area contributed by atoms with Gasteiger partial charge in [-0.15, -0.1) is 0 Å². The van der Waals surface area contributed by atoms with E-state index < -0.39 is 0 Å². The SMILES string of the molecule is CCN(C1CC1)C1(CN)CCCCC1OC. The van der Waals surface area contributed by atoms with Gasteiger partial charge in [0.1, 0.15) is 0 Å². The molecule has 0 aliphatic heterocycles. The van der Waals surface area contributed by atoms with Gasteiger partial charge >= 0.3 is 0 Å². The van der Waals surface area contributed by atoms with Gasteiger partial charge in [0.05, 0.1) is 11.6 Å². The van der Waals surface area contributed by atoms with E-state index >= 15 is 0 Å². The van der Waals surface area contributed by atoms with Gasteiger partial charge in [-0.3, -0.25) is 4.90 Å². The molecule has 94 valence electrons. The number of hydrogen-bond acceptors (Lipinski definition) is 3. The monoisotopic (exact) mass is 226 g/mol. The molecule has 0 saturated heterocycles. The van der Waals surface area contributed by atoms with E-state index in [1.807, 2.05) is 7.11 Å². The molecule has 3 nitrogen and oxygen atoms in total. The fourth-order valence-corrected chi connectivity index (χ4v) is 3.53. The first-order valence-corrected chi connectivity index (χ1v) is 6.78. The van der Waals surface area contributed by atoms with E-state index in [2.05, 4.69) is 11.8 Å². The molecule has 2 saturated carbocycles. The molecule has 0 aromatic heterocycles. The van der Waals surface area contributed by atoms with Crippen LogP contribution in [0.4, 0.5) is 0 Å². The lowest BCUT2D eigenvalue weighted by molar-refractivity contribution is -0.0773. The summed E-state index contributed by atoms with van der Waals surface area (Å²) in [6.45, 7) is 4.12. The van der Waals surface area contributed by atoms with Gasteiger partial charge in [-0.2, -0.15) is 0 Å². The Morgan fingerprint density at radius 2 is 2.06 bits per heavy atom. The molecule has 2 atom stereocenters. The molecule has 0 radical (unpaired) electrons. The number of ether oxygens (including phenoxy) is 1. The van der Waals surface area contributed by atoms with Crippen LogP contribution in [0.2, 0.25) is 0 Å². The van der Waals surface area contributed by atoms with E-state index in [9.17, 15) is 0 Å². The summed E-state index contributed by atoms with van der Waals surface area (Å²) in [6.07, 6.45) is 8.04. The molecule has 2 rings (SSSR count). The summed E-state index contributed by atoms with van der Waals surface area (Å²) in [4.78, 5) is 2.64. The molecule has 0 heterocycles. The van der Waals surface area contributed by atoms with E-state index in [-0.39, 0.29) is 5.54 Å². The first kappa shape index (κ1) is 12.3. The zero-order chi connectivity index (χ0) is 11.6. The molecule has 2 unspecified atom stereocenters. The Morgan fingerprint density at radius 3 is 2.56 bits per heavy atom. The molecule has 0 aromatic carbocycles. The molecule has 0 aromatic rings. The Balaban J connectivity index is 2.19. The summed E-state index contributed by atoms with van der Waals surface area (Å²) in [5, 5.41) is 0. The van der Waals surface area contributed by atoms with Gasteiger partial charge in [0.2, 0.25) is 0 Å². The maximum absolute atomic E-state index is 6.12. The number of rotatable bonds is 5. The number of methoxy groups -OCH3 is 1. The maximum atomic E-state index is 6.12. The third-order valence-electron chi connectivity index (χ3n) is 4.46.